The Hall–Kier alpha value is -1.80. The Morgan fingerprint density at radius 1 is 1.00 bits per heavy atom. The molecule has 1 heterocycles. The van der Waals surface area contributed by atoms with Gasteiger partial charge in [0.25, 0.3) is 0 Å². The molecule has 1 saturated heterocycles. The maximum atomic E-state index is 6.53. The molecule has 0 N–H and O–H groups in total. The summed E-state index contributed by atoms with van der Waals surface area (Å²) in [6.45, 7) is 5.63. The lowest BCUT2D eigenvalue weighted by Crippen LogP contribution is -2.37. The first-order valence-corrected chi connectivity index (χ1v) is 11.2. The zero-order valence-electron chi connectivity index (χ0n) is 16.7. The van der Waals surface area contributed by atoms with Gasteiger partial charge >= 0.3 is 0 Å². The Kier molecular flexibility index (Phi) is 5.16. The molecule has 0 unspecified atom stereocenters. The zero-order valence-corrected chi connectivity index (χ0v) is 18.2. The van der Waals surface area contributed by atoms with Crippen LogP contribution in [0.15, 0.2) is 60.7 Å². The first kappa shape index (κ1) is 19.2. The minimum absolute atomic E-state index is 0.618. The van der Waals surface area contributed by atoms with Crippen LogP contribution in [0.2, 0.25) is 10.0 Å². The second-order valence-electron chi connectivity index (χ2n) is 8.57. The number of rotatable bonds is 3. The van der Waals surface area contributed by atoms with Crippen molar-refractivity contribution in [2.24, 2.45) is 5.92 Å². The first-order chi connectivity index (χ1) is 14.1. The maximum Gasteiger partial charge on any atom is 0.0499 e. The van der Waals surface area contributed by atoms with E-state index in [-0.39, 0.29) is 0 Å². The summed E-state index contributed by atoms with van der Waals surface area (Å²) in [4.78, 5) is 2.63. The van der Waals surface area contributed by atoms with Crippen LogP contribution in [0.4, 0.5) is 0 Å². The molecule has 1 aliphatic carbocycles. The lowest BCUT2D eigenvalue weighted by Gasteiger charge is -2.35. The predicted octanol–water partition coefficient (Wildman–Crippen LogP) is 7.13. The standard InChI is InChI=1S/C26H25Cl2N/c1-17-11-20(22-8-7-21(27)14-26(22)28)13-24-23(17)12-19-9-10-29(16-25(19)24)15-18-5-3-2-4-6-18/h2-8,11,13-14,19,25H,9-10,12,15-16H2,1H3/t19-,25-/m0/s1. The predicted molar refractivity (Wildman–Crippen MR) is 123 cm³/mol. The number of benzene rings is 3. The summed E-state index contributed by atoms with van der Waals surface area (Å²) < 4.78 is 0. The van der Waals surface area contributed by atoms with Crippen molar-refractivity contribution in [3.63, 3.8) is 0 Å². The quantitative estimate of drug-likeness (QED) is 0.434. The molecule has 0 amide bonds. The van der Waals surface area contributed by atoms with Crippen molar-refractivity contribution < 1.29 is 0 Å². The Balaban J connectivity index is 1.46. The zero-order chi connectivity index (χ0) is 20.0. The van der Waals surface area contributed by atoms with Crippen LogP contribution in [0.25, 0.3) is 11.1 Å². The van der Waals surface area contributed by atoms with E-state index < -0.39 is 0 Å². The van der Waals surface area contributed by atoms with Gasteiger partial charge in [-0.05, 0) is 72.2 Å². The Bertz CT molecular complexity index is 1040. The van der Waals surface area contributed by atoms with Crippen LogP contribution in [0.1, 0.15) is 34.6 Å². The van der Waals surface area contributed by atoms with E-state index in [0.29, 0.717) is 10.9 Å². The minimum atomic E-state index is 0.618. The van der Waals surface area contributed by atoms with Gasteiger partial charge < -0.3 is 0 Å². The van der Waals surface area contributed by atoms with Crippen molar-refractivity contribution in [1.29, 1.82) is 0 Å². The molecule has 0 radical (unpaired) electrons. The molecule has 0 bridgehead atoms. The molecule has 3 aromatic rings. The summed E-state index contributed by atoms with van der Waals surface area (Å²) >= 11 is 12.6. The van der Waals surface area contributed by atoms with E-state index in [2.05, 4.69) is 54.3 Å². The van der Waals surface area contributed by atoms with Gasteiger partial charge in [0.05, 0.1) is 0 Å². The molecule has 0 spiro atoms. The molecule has 0 aromatic heterocycles. The third-order valence-electron chi connectivity index (χ3n) is 6.70. The van der Waals surface area contributed by atoms with E-state index in [1.165, 1.54) is 41.6 Å². The molecule has 2 aliphatic rings. The van der Waals surface area contributed by atoms with Gasteiger partial charge in [0.1, 0.15) is 0 Å². The van der Waals surface area contributed by atoms with E-state index in [1.807, 2.05) is 18.2 Å². The van der Waals surface area contributed by atoms with Crippen molar-refractivity contribution in [3.8, 4) is 11.1 Å². The number of fused-ring (bicyclic) bond motifs is 3. The van der Waals surface area contributed by atoms with Gasteiger partial charge in [-0.2, -0.15) is 0 Å². The van der Waals surface area contributed by atoms with E-state index >= 15 is 0 Å². The third kappa shape index (κ3) is 3.72. The molecule has 1 fully saturated rings. The van der Waals surface area contributed by atoms with Crippen LogP contribution < -0.4 is 0 Å². The molecule has 1 nitrogen and oxygen atoms in total. The van der Waals surface area contributed by atoms with E-state index in [0.717, 1.165) is 29.6 Å². The van der Waals surface area contributed by atoms with E-state index in [1.54, 1.807) is 5.56 Å². The summed E-state index contributed by atoms with van der Waals surface area (Å²) in [5, 5.41) is 1.40. The summed E-state index contributed by atoms with van der Waals surface area (Å²) in [7, 11) is 0. The fraction of sp³-hybridized carbons (Fsp3) is 0.308. The molecule has 2 atom stereocenters. The maximum absolute atomic E-state index is 6.53. The van der Waals surface area contributed by atoms with Crippen LogP contribution in [-0.4, -0.2) is 18.0 Å². The van der Waals surface area contributed by atoms with Crippen molar-refractivity contribution in [2.45, 2.75) is 32.2 Å². The molecule has 1 aliphatic heterocycles. The molecule has 5 rings (SSSR count). The SMILES string of the molecule is Cc1cc(-c2ccc(Cl)cc2Cl)cc2c1C[C@@H]1CCN(Cc3ccccc3)C[C@H]21. The van der Waals surface area contributed by atoms with Crippen molar-refractivity contribution >= 4 is 23.2 Å². The number of halogens is 2. The van der Waals surface area contributed by atoms with Crippen molar-refractivity contribution in [2.75, 3.05) is 13.1 Å². The lowest BCUT2D eigenvalue weighted by molar-refractivity contribution is 0.161. The van der Waals surface area contributed by atoms with Crippen molar-refractivity contribution in [3.05, 3.63) is 93.0 Å². The number of hydrogen-bond acceptors (Lipinski definition) is 1. The molecule has 29 heavy (non-hydrogen) atoms. The topological polar surface area (TPSA) is 3.24 Å². The molecule has 3 heteroatoms. The largest absolute Gasteiger partial charge is 0.298 e. The van der Waals surface area contributed by atoms with E-state index in [9.17, 15) is 0 Å². The fourth-order valence-electron chi connectivity index (χ4n) is 5.25. The molecule has 3 aromatic carbocycles. The normalized spacial score (nSPS) is 21.1. The molecule has 0 saturated carbocycles. The summed E-state index contributed by atoms with van der Waals surface area (Å²) in [6, 6.07) is 21.3. The number of likely N-dealkylation sites (tertiary alicyclic amines) is 1. The highest BCUT2D eigenvalue weighted by Gasteiger charge is 2.37. The van der Waals surface area contributed by atoms with Crippen LogP contribution in [-0.2, 0) is 13.0 Å². The van der Waals surface area contributed by atoms with Gasteiger partial charge in [-0.3, -0.25) is 4.90 Å². The second-order valence-corrected chi connectivity index (χ2v) is 9.41. The number of nitrogens with zero attached hydrogens (tertiary/aromatic N) is 1. The molecular formula is C26H25Cl2N. The second kappa shape index (κ2) is 7.80. The number of piperidine rings is 1. The summed E-state index contributed by atoms with van der Waals surface area (Å²) in [5.74, 6) is 1.39. The van der Waals surface area contributed by atoms with Crippen LogP contribution in [0.3, 0.4) is 0 Å². The van der Waals surface area contributed by atoms with Crippen LogP contribution in [0, 0.1) is 12.8 Å². The Labute approximate surface area is 183 Å². The Morgan fingerprint density at radius 3 is 2.62 bits per heavy atom. The van der Waals surface area contributed by atoms with Gasteiger partial charge in [-0.1, -0.05) is 71.7 Å². The highest BCUT2D eigenvalue weighted by molar-refractivity contribution is 6.36. The van der Waals surface area contributed by atoms with Crippen LogP contribution >= 0.6 is 23.2 Å². The van der Waals surface area contributed by atoms with Crippen LogP contribution in [0.5, 0.6) is 0 Å². The van der Waals surface area contributed by atoms with Crippen molar-refractivity contribution in [1.82, 2.24) is 4.90 Å². The lowest BCUT2D eigenvalue weighted by atomic mass is 9.85. The van der Waals surface area contributed by atoms with Gasteiger partial charge in [0.2, 0.25) is 0 Å². The van der Waals surface area contributed by atoms with E-state index in [4.69, 9.17) is 23.2 Å². The van der Waals surface area contributed by atoms with Gasteiger partial charge in [-0.25, -0.2) is 0 Å². The minimum Gasteiger partial charge on any atom is -0.298 e. The van der Waals surface area contributed by atoms with Gasteiger partial charge in [-0.15, -0.1) is 0 Å². The number of hydrogen-bond donors (Lipinski definition) is 0. The van der Waals surface area contributed by atoms with Gasteiger partial charge in [0.15, 0.2) is 0 Å². The summed E-state index contributed by atoms with van der Waals surface area (Å²) in [5.41, 5.74) is 8.19. The Morgan fingerprint density at radius 2 is 1.83 bits per heavy atom. The van der Waals surface area contributed by atoms with Gasteiger partial charge in [0, 0.05) is 34.6 Å². The smallest absolute Gasteiger partial charge is 0.0499 e. The third-order valence-corrected chi connectivity index (χ3v) is 7.25. The monoisotopic (exact) mass is 421 g/mol. The average Bonchev–Trinajstić information content (AvgIpc) is 3.07. The summed E-state index contributed by atoms with van der Waals surface area (Å²) in [6.07, 6.45) is 2.50. The fourth-order valence-corrected chi connectivity index (χ4v) is 5.76. The average molecular weight is 422 g/mol. The first-order valence-electron chi connectivity index (χ1n) is 10.4. The molecule has 148 valence electrons. The highest BCUT2D eigenvalue weighted by atomic mass is 35.5. The number of aryl methyl sites for hydroxylation is 1. The highest BCUT2D eigenvalue weighted by Crippen LogP contribution is 2.46. The molecular weight excluding hydrogens is 397 g/mol.